The quantitative estimate of drug-likeness (QED) is 0.191. The van der Waals surface area contributed by atoms with E-state index in [0.717, 1.165) is 35.3 Å². The summed E-state index contributed by atoms with van der Waals surface area (Å²) in [6.07, 6.45) is 0.933. The minimum absolute atomic E-state index is 0.0112. The van der Waals surface area contributed by atoms with Gasteiger partial charge in [0.25, 0.3) is 0 Å². The number of nitrogens with one attached hydrogen (secondary N) is 2. The lowest BCUT2D eigenvalue weighted by molar-refractivity contribution is -0.121. The van der Waals surface area contributed by atoms with Gasteiger partial charge in [-0.1, -0.05) is 86.6 Å². The Balaban J connectivity index is 1.57. The Morgan fingerprint density at radius 2 is 1.45 bits per heavy atom. The molecule has 0 aromatic heterocycles. The highest BCUT2D eigenvalue weighted by Crippen LogP contribution is 2.16. The molecule has 0 saturated carbocycles. The first-order chi connectivity index (χ1) is 20.3. The number of sulfonamides is 1. The zero-order valence-corrected chi connectivity index (χ0v) is 25.6. The first kappa shape index (κ1) is 33.3. The molecule has 3 aromatic carbocycles. The summed E-state index contributed by atoms with van der Waals surface area (Å²) in [5.74, 6) is 0.117. The van der Waals surface area contributed by atoms with Gasteiger partial charge in [0.2, 0.25) is 15.9 Å². The van der Waals surface area contributed by atoms with E-state index < -0.39 is 22.0 Å². The molecule has 0 spiro atoms. The Hall–Kier alpha value is -3.24. The predicted octanol–water partition coefficient (Wildman–Crippen LogP) is 4.29. The number of hydrogen-bond donors (Lipinski definition) is 3. The number of carbonyl (C=O) groups is 1. The molecular formula is C33H45N3O5S. The summed E-state index contributed by atoms with van der Waals surface area (Å²) in [5, 5.41) is 17.3. The monoisotopic (exact) mass is 595 g/mol. The molecule has 1 unspecified atom stereocenters. The van der Waals surface area contributed by atoms with Crippen molar-refractivity contribution in [3.63, 3.8) is 0 Å². The van der Waals surface area contributed by atoms with Crippen LogP contribution in [0.15, 0.2) is 84.9 Å². The third kappa shape index (κ3) is 11.6. The standard InChI is InChI=1S/C33H45N3O5S/c1-3-20-36(21-4-2)42(39,40)22-19-33(38)35-25-32(37)31(34-24-28-11-7-5-8-12-28)23-27-15-17-30(18-16-27)41-26-29-13-9-6-10-14-29/h5-18,31-32,34,37H,3-4,19-26H2,1-2H3,(H,35,38)/t31?,32-/m1/s1. The number of carbonyl (C=O) groups excluding carboxylic acids is 1. The highest BCUT2D eigenvalue weighted by molar-refractivity contribution is 7.89. The van der Waals surface area contributed by atoms with Gasteiger partial charge >= 0.3 is 0 Å². The fourth-order valence-electron chi connectivity index (χ4n) is 4.59. The maximum Gasteiger partial charge on any atom is 0.221 e. The van der Waals surface area contributed by atoms with Gasteiger partial charge in [0.05, 0.1) is 11.9 Å². The Bertz CT molecular complexity index is 1280. The van der Waals surface area contributed by atoms with E-state index in [2.05, 4.69) is 10.6 Å². The number of benzene rings is 3. The fourth-order valence-corrected chi connectivity index (χ4v) is 6.22. The summed E-state index contributed by atoms with van der Waals surface area (Å²) in [6.45, 7) is 5.81. The zero-order chi connectivity index (χ0) is 30.2. The first-order valence-corrected chi connectivity index (χ1v) is 16.4. The molecule has 0 aliphatic carbocycles. The molecule has 3 N–H and O–H groups in total. The van der Waals surface area contributed by atoms with E-state index in [1.807, 2.05) is 98.8 Å². The Kier molecular flexibility index (Phi) is 14.0. The largest absolute Gasteiger partial charge is 0.489 e. The van der Waals surface area contributed by atoms with E-state index in [0.29, 0.717) is 32.7 Å². The maximum atomic E-state index is 12.7. The van der Waals surface area contributed by atoms with Crippen LogP contribution in [0, 0.1) is 0 Å². The van der Waals surface area contributed by atoms with Crippen LogP contribution in [0.4, 0.5) is 0 Å². The minimum atomic E-state index is -3.51. The van der Waals surface area contributed by atoms with Gasteiger partial charge in [-0.05, 0) is 48.1 Å². The van der Waals surface area contributed by atoms with Crippen molar-refractivity contribution in [3.8, 4) is 5.75 Å². The van der Waals surface area contributed by atoms with Crippen molar-refractivity contribution >= 4 is 15.9 Å². The van der Waals surface area contributed by atoms with Crippen LogP contribution in [0.25, 0.3) is 0 Å². The summed E-state index contributed by atoms with van der Waals surface area (Å²) in [4.78, 5) is 12.6. The number of ether oxygens (including phenoxy) is 1. The van der Waals surface area contributed by atoms with E-state index in [4.69, 9.17) is 4.74 Å². The Morgan fingerprint density at radius 1 is 0.857 bits per heavy atom. The van der Waals surface area contributed by atoms with E-state index in [1.54, 1.807) is 0 Å². The Labute approximate surface area is 251 Å². The smallest absolute Gasteiger partial charge is 0.221 e. The maximum absolute atomic E-state index is 12.7. The molecule has 0 radical (unpaired) electrons. The van der Waals surface area contributed by atoms with E-state index >= 15 is 0 Å². The number of hydrogen-bond acceptors (Lipinski definition) is 6. The SMILES string of the molecule is CCCN(CCC)S(=O)(=O)CCC(=O)NC[C@@H](O)C(Cc1ccc(OCc2ccccc2)cc1)NCc1ccccc1. The topological polar surface area (TPSA) is 108 Å². The molecule has 0 fully saturated rings. The molecule has 8 nitrogen and oxygen atoms in total. The van der Waals surface area contributed by atoms with Crippen LogP contribution in [0.5, 0.6) is 5.75 Å². The third-order valence-corrected chi connectivity index (χ3v) is 8.81. The molecule has 3 rings (SSSR count). The fraction of sp³-hybridized carbons (Fsp3) is 0.424. The van der Waals surface area contributed by atoms with Crippen LogP contribution >= 0.6 is 0 Å². The molecule has 228 valence electrons. The highest BCUT2D eigenvalue weighted by Gasteiger charge is 2.23. The summed E-state index contributed by atoms with van der Waals surface area (Å²) < 4.78 is 32.8. The molecule has 42 heavy (non-hydrogen) atoms. The van der Waals surface area contributed by atoms with Gasteiger partial charge in [-0.2, -0.15) is 0 Å². The second-order valence-electron chi connectivity index (χ2n) is 10.4. The van der Waals surface area contributed by atoms with Gasteiger partial charge in [0.15, 0.2) is 0 Å². The van der Waals surface area contributed by atoms with Gasteiger partial charge in [0.1, 0.15) is 12.4 Å². The third-order valence-electron chi connectivity index (χ3n) is 6.94. The van der Waals surface area contributed by atoms with Gasteiger partial charge < -0.3 is 20.5 Å². The van der Waals surface area contributed by atoms with Gasteiger partial charge in [-0.15, -0.1) is 0 Å². The summed E-state index contributed by atoms with van der Waals surface area (Å²) in [6, 6.07) is 27.3. The van der Waals surface area contributed by atoms with Gasteiger partial charge in [0, 0.05) is 38.6 Å². The molecule has 1 amide bonds. The van der Waals surface area contributed by atoms with E-state index in [1.165, 1.54) is 4.31 Å². The molecule has 0 aliphatic heterocycles. The van der Waals surface area contributed by atoms with Crippen molar-refractivity contribution in [2.24, 2.45) is 0 Å². The lowest BCUT2D eigenvalue weighted by Crippen LogP contribution is -2.47. The average molecular weight is 596 g/mol. The van der Waals surface area contributed by atoms with E-state index in [-0.39, 0.29) is 24.8 Å². The first-order valence-electron chi connectivity index (χ1n) is 14.8. The molecule has 9 heteroatoms. The highest BCUT2D eigenvalue weighted by atomic mass is 32.2. The lowest BCUT2D eigenvalue weighted by atomic mass is 10.0. The summed E-state index contributed by atoms with van der Waals surface area (Å²) in [5.41, 5.74) is 3.18. The van der Waals surface area contributed by atoms with Crippen LogP contribution < -0.4 is 15.4 Å². The van der Waals surface area contributed by atoms with E-state index in [9.17, 15) is 18.3 Å². The minimum Gasteiger partial charge on any atom is -0.489 e. The molecular weight excluding hydrogens is 550 g/mol. The molecule has 3 aromatic rings. The molecule has 2 atom stereocenters. The zero-order valence-electron chi connectivity index (χ0n) is 24.7. The molecule has 0 heterocycles. The molecule has 0 bridgehead atoms. The number of nitrogens with zero attached hydrogens (tertiary/aromatic N) is 1. The second kappa shape index (κ2) is 17.7. The van der Waals surface area contributed by atoms with Crippen LogP contribution in [0.2, 0.25) is 0 Å². The van der Waals surface area contributed by atoms with Crippen LogP contribution in [0.1, 0.15) is 49.8 Å². The van der Waals surface area contributed by atoms with Crippen molar-refractivity contribution in [2.45, 2.75) is 64.8 Å². The predicted molar refractivity (Wildman–Crippen MR) is 168 cm³/mol. The Morgan fingerprint density at radius 3 is 2.05 bits per heavy atom. The number of amides is 1. The van der Waals surface area contributed by atoms with Crippen molar-refractivity contribution in [1.82, 2.24) is 14.9 Å². The molecule has 0 saturated heterocycles. The summed E-state index contributed by atoms with van der Waals surface area (Å²) >= 11 is 0. The number of rotatable bonds is 19. The van der Waals surface area contributed by atoms with Crippen molar-refractivity contribution in [2.75, 3.05) is 25.4 Å². The van der Waals surface area contributed by atoms with Crippen LogP contribution in [-0.4, -0.2) is 61.3 Å². The van der Waals surface area contributed by atoms with Crippen LogP contribution in [-0.2, 0) is 34.4 Å². The normalized spacial score (nSPS) is 13.0. The summed E-state index contributed by atoms with van der Waals surface area (Å²) in [7, 11) is -3.51. The van der Waals surface area contributed by atoms with Crippen molar-refractivity contribution < 1.29 is 23.1 Å². The van der Waals surface area contributed by atoms with Gasteiger partial charge in [-0.3, -0.25) is 4.79 Å². The number of aliphatic hydroxyl groups excluding tert-OH is 1. The van der Waals surface area contributed by atoms with Crippen molar-refractivity contribution in [3.05, 3.63) is 102 Å². The number of aliphatic hydroxyl groups is 1. The second-order valence-corrected chi connectivity index (χ2v) is 12.5. The van der Waals surface area contributed by atoms with Crippen molar-refractivity contribution in [1.29, 1.82) is 0 Å². The lowest BCUT2D eigenvalue weighted by Gasteiger charge is -2.25. The van der Waals surface area contributed by atoms with Gasteiger partial charge in [-0.25, -0.2) is 12.7 Å². The average Bonchev–Trinajstić information content (AvgIpc) is 3.01. The molecule has 0 aliphatic rings. The van der Waals surface area contributed by atoms with Crippen LogP contribution in [0.3, 0.4) is 0 Å².